The van der Waals surface area contributed by atoms with E-state index in [0.717, 1.165) is 16.8 Å². The predicted octanol–water partition coefficient (Wildman–Crippen LogP) is 4.05. The highest BCUT2D eigenvalue weighted by molar-refractivity contribution is 6.31. The number of rotatable bonds is 5. The second-order valence-corrected chi connectivity index (χ2v) is 7.08. The van der Waals surface area contributed by atoms with Gasteiger partial charge in [0.25, 0.3) is 0 Å². The minimum Gasteiger partial charge on any atom is -0.338 e. The highest BCUT2D eigenvalue weighted by atomic mass is 35.5. The van der Waals surface area contributed by atoms with Gasteiger partial charge in [-0.2, -0.15) is 0 Å². The maximum Gasteiger partial charge on any atom is 0.228 e. The molecular weight excluding hydrogens is 348 g/mol. The third kappa shape index (κ3) is 3.91. The molecule has 5 heteroatoms. The summed E-state index contributed by atoms with van der Waals surface area (Å²) in [5.41, 5.74) is 2.82. The minimum absolute atomic E-state index is 0.0287. The molecule has 4 nitrogen and oxygen atoms in total. The largest absolute Gasteiger partial charge is 0.338 e. The first kappa shape index (κ1) is 18.5. The smallest absolute Gasteiger partial charge is 0.228 e. The Hall–Kier alpha value is -2.33. The molecule has 0 unspecified atom stereocenters. The topological polar surface area (TPSA) is 40.6 Å². The van der Waals surface area contributed by atoms with Crippen LogP contribution in [0, 0.1) is 12.8 Å². The first-order valence-corrected chi connectivity index (χ1v) is 9.26. The van der Waals surface area contributed by atoms with Crippen LogP contribution in [0.25, 0.3) is 0 Å². The van der Waals surface area contributed by atoms with Crippen LogP contribution in [0.4, 0.5) is 5.69 Å². The van der Waals surface area contributed by atoms with Gasteiger partial charge in [-0.05, 0) is 37.1 Å². The van der Waals surface area contributed by atoms with E-state index < -0.39 is 0 Å². The van der Waals surface area contributed by atoms with Crippen molar-refractivity contribution in [2.24, 2.45) is 5.92 Å². The number of anilines is 1. The van der Waals surface area contributed by atoms with Crippen molar-refractivity contribution in [3.05, 3.63) is 64.7 Å². The van der Waals surface area contributed by atoms with E-state index in [9.17, 15) is 9.59 Å². The van der Waals surface area contributed by atoms with Crippen molar-refractivity contribution >= 4 is 29.1 Å². The van der Waals surface area contributed by atoms with Crippen LogP contribution in [0.5, 0.6) is 0 Å². The van der Waals surface area contributed by atoms with E-state index >= 15 is 0 Å². The molecule has 0 spiro atoms. The average Bonchev–Trinajstić information content (AvgIpc) is 3.04. The van der Waals surface area contributed by atoms with Gasteiger partial charge in [0, 0.05) is 36.8 Å². The summed E-state index contributed by atoms with van der Waals surface area (Å²) in [6.45, 7) is 5.48. The van der Waals surface area contributed by atoms with Gasteiger partial charge in [0.15, 0.2) is 0 Å². The zero-order valence-corrected chi connectivity index (χ0v) is 15.9. The van der Waals surface area contributed by atoms with Gasteiger partial charge in [0.1, 0.15) is 0 Å². The van der Waals surface area contributed by atoms with Gasteiger partial charge in [-0.25, -0.2) is 0 Å². The number of amides is 2. The van der Waals surface area contributed by atoms with Gasteiger partial charge in [-0.3, -0.25) is 9.59 Å². The summed E-state index contributed by atoms with van der Waals surface area (Å²) < 4.78 is 0. The molecule has 0 N–H and O–H groups in total. The van der Waals surface area contributed by atoms with E-state index in [-0.39, 0.29) is 24.2 Å². The molecule has 26 heavy (non-hydrogen) atoms. The van der Waals surface area contributed by atoms with Gasteiger partial charge in [-0.1, -0.05) is 48.0 Å². The number of carbonyl (C=O) groups excluding carboxylic acids is 2. The van der Waals surface area contributed by atoms with Crippen LogP contribution in [0.15, 0.2) is 48.5 Å². The Morgan fingerprint density at radius 2 is 1.96 bits per heavy atom. The van der Waals surface area contributed by atoms with Gasteiger partial charge in [-0.15, -0.1) is 0 Å². The predicted molar refractivity (Wildman–Crippen MR) is 104 cm³/mol. The monoisotopic (exact) mass is 370 g/mol. The van der Waals surface area contributed by atoms with E-state index in [1.165, 1.54) is 0 Å². The number of aryl methyl sites for hydroxylation is 1. The molecule has 0 aromatic heterocycles. The molecule has 1 aliphatic heterocycles. The zero-order chi connectivity index (χ0) is 18.7. The average molecular weight is 371 g/mol. The summed E-state index contributed by atoms with van der Waals surface area (Å²) in [7, 11) is 0. The number of halogens is 1. The molecule has 0 radical (unpaired) electrons. The van der Waals surface area contributed by atoms with Crippen molar-refractivity contribution < 1.29 is 9.59 Å². The SMILES string of the molecule is CCN(Cc1ccccc1)C(=O)[C@@H]1CC(=O)N(c2ccc(C)c(Cl)c2)C1. The van der Waals surface area contributed by atoms with Crippen LogP contribution in [-0.2, 0) is 16.1 Å². The Morgan fingerprint density at radius 1 is 1.23 bits per heavy atom. The Bertz CT molecular complexity index is 807. The first-order valence-electron chi connectivity index (χ1n) is 8.88. The highest BCUT2D eigenvalue weighted by Gasteiger charge is 2.37. The summed E-state index contributed by atoms with van der Waals surface area (Å²) in [6.07, 6.45) is 0.246. The lowest BCUT2D eigenvalue weighted by molar-refractivity contribution is -0.136. The van der Waals surface area contributed by atoms with Crippen LogP contribution in [0.1, 0.15) is 24.5 Å². The highest BCUT2D eigenvalue weighted by Crippen LogP contribution is 2.29. The fraction of sp³-hybridized carbons (Fsp3) is 0.333. The number of hydrogen-bond donors (Lipinski definition) is 0. The summed E-state index contributed by atoms with van der Waals surface area (Å²) in [4.78, 5) is 28.9. The number of carbonyl (C=O) groups is 2. The quantitative estimate of drug-likeness (QED) is 0.796. The number of nitrogens with zero attached hydrogens (tertiary/aromatic N) is 2. The third-order valence-electron chi connectivity index (χ3n) is 4.85. The van der Waals surface area contributed by atoms with Crippen molar-refractivity contribution in [2.45, 2.75) is 26.8 Å². The molecule has 2 amide bonds. The molecule has 1 atom stereocenters. The van der Waals surface area contributed by atoms with Crippen LogP contribution in [0.2, 0.25) is 5.02 Å². The molecule has 0 saturated carbocycles. The summed E-state index contributed by atoms with van der Waals surface area (Å²) in [5, 5.41) is 0.629. The zero-order valence-electron chi connectivity index (χ0n) is 15.1. The second kappa shape index (κ2) is 7.92. The molecule has 2 aromatic rings. The maximum atomic E-state index is 12.9. The van der Waals surface area contributed by atoms with Gasteiger partial charge in [0.2, 0.25) is 11.8 Å². The van der Waals surface area contributed by atoms with Crippen molar-refractivity contribution in [3.63, 3.8) is 0 Å². The van der Waals surface area contributed by atoms with Crippen molar-refractivity contribution in [1.29, 1.82) is 0 Å². The fourth-order valence-electron chi connectivity index (χ4n) is 3.28. The van der Waals surface area contributed by atoms with E-state index in [0.29, 0.717) is 24.7 Å². The lowest BCUT2D eigenvalue weighted by Crippen LogP contribution is -2.37. The molecule has 136 valence electrons. The Morgan fingerprint density at radius 3 is 2.62 bits per heavy atom. The van der Waals surface area contributed by atoms with Gasteiger partial charge < -0.3 is 9.80 Å². The van der Waals surface area contributed by atoms with Crippen LogP contribution in [0.3, 0.4) is 0 Å². The Labute approximate surface area is 159 Å². The normalized spacial score (nSPS) is 16.8. The maximum absolute atomic E-state index is 12.9. The summed E-state index contributed by atoms with van der Waals surface area (Å²) in [6, 6.07) is 15.5. The minimum atomic E-state index is -0.314. The van der Waals surface area contributed by atoms with E-state index in [1.54, 1.807) is 11.0 Å². The van der Waals surface area contributed by atoms with Gasteiger partial charge >= 0.3 is 0 Å². The molecule has 3 rings (SSSR count). The van der Waals surface area contributed by atoms with Crippen LogP contribution < -0.4 is 4.90 Å². The fourth-order valence-corrected chi connectivity index (χ4v) is 3.45. The molecule has 0 aliphatic carbocycles. The number of hydrogen-bond acceptors (Lipinski definition) is 2. The summed E-state index contributed by atoms with van der Waals surface area (Å²) >= 11 is 6.19. The van der Waals surface area contributed by atoms with Crippen molar-refractivity contribution in [3.8, 4) is 0 Å². The molecule has 1 saturated heterocycles. The molecule has 1 fully saturated rings. The lowest BCUT2D eigenvalue weighted by Gasteiger charge is -2.24. The van der Waals surface area contributed by atoms with E-state index in [4.69, 9.17) is 11.6 Å². The first-order chi connectivity index (χ1) is 12.5. The number of benzene rings is 2. The van der Waals surface area contributed by atoms with E-state index in [2.05, 4.69) is 0 Å². The van der Waals surface area contributed by atoms with Crippen LogP contribution in [-0.4, -0.2) is 29.8 Å². The Kier molecular flexibility index (Phi) is 5.62. The van der Waals surface area contributed by atoms with Crippen LogP contribution >= 0.6 is 11.6 Å². The van der Waals surface area contributed by atoms with Crippen molar-refractivity contribution in [1.82, 2.24) is 4.90 Å². The van der Waals surface area contributed by atoms with Gasteiger partial charge in [0.05, 0.1) is 5.92 Å². The molecular formula is C21H23ClN2O2. The molecule has 0 bridgehead atoms. The lowest BCUT2D eigenvalue weighted by atomic mass is 10.1. The molecule has 1 heterocycles. The summed E-state index contributed by atoms with van der Waals surface area (Å²) in [5.74, 6) is -0.310. The molecule has 1 aliphatic rings. The molecule has 2 aromatic carbocycles. The standard InChI is InChI=1S/C21H23ClN2O2/c1-3-23(13-16-7-5-4-6-8-16)21(26)17-11-20(25)24(14-17)18-10-9-15(2)19(22)12-18/h4-10,12,17H,3,11,13-14H2,1-2H3/t17-/m1/s1. The Balaban J connectivity index is 1.72. The second-order valence-electron chi connectivity index (χ2n) is 6.68. The van der Waals surface area contributed by atoms with E-state index in [1.807, 2.05) is 61.2 Å². The third-order valence-corrected chi connectivity index (χ3v) is 5.26. The van der Waals surface area contributed by atoms with Crippen molar-refractivity contribution in [2.75, 3.05) is 18.0 Å².